The van der Waals surface area contributed by atoms with Gasteiger partial charge in [0.2, 0.25) is 18.1 Å². The van der Waals surface area contributed by atoms with E-state index in [2.05, 4.69) is 5.32 Å². The molecule has 3 amide bonds. The fourth-order valence-electron chi connectivity index (χ4n) is 4.89. The lowest BCUT2D eigenvalue weighted by atomic mass is 9.64. The van der Waals surface area contributed by atoms with Crippen molar-refractivity contribution < 1.29 is 49.1 Å². The first kappa shape index (κ1) is 29.0. The van der Waals surface area contributed by atoms with Gasteiger partial charge in [0.15, 0.2) is 5.79 Å². The van der Waals surface area contributed by atoms with Crippen molar-refractivity contribution in [3.63, 3.8) is 0 Å². The summed E-state index contributed by atoms with van der Waals surface area (Å²) < 4.78 is 10.8. The Morgan fingerprint density at radius 1 is 1.02 bits per heavy atom. The van der Waals surface area contributed by atoms with Crippen molar-refractivity contribution in [1.82, 2.24) is 9.80 Å². The molecule has 214 valence electrons. The number of aliphatic hydroxyl groups is 3. The number of ether oxygens (including phenoxy) is 2. The van der Waals surface area contributed by atoms with Crippen LogP contribution in [0.4, 0.5) is 5.69 Å². The quantitative estimate of drug-likeness (QED) is 0.250. The molecule has 1 aliphatic carbocycles. The van der Waals surface area contributed by atoms with Gasteiger partial charge in [-0.1, -0.05) is 18.2 Å². The molecule has 6 atom stereocenters. The number of hydrogen-bond acceptors (Lipinski definition) is 9. The zero-order valence-corrected chi connectivity index (χ0v) is 21.8. The third kappa shape index (κ3) is 5.77. The Morgan fingerprint density at radius 2 is 1.68 bits per heavy atom. The van der Waals surface area contributed by atoms with E-state index < -0.39 is 42.1 Å². The molecular formula is C27H31N3O10. The Labute approximate surface area is 229 Å². The molecule has 40 heavy (non-hydrogen) atoms. The summed E-state index contributed by atoms with van der Waals surface area (Å²) in [5.74, 6) is -7.28. The first-order valence-corrected chi connectivity index (χ1v) is 12.5. The van der Waals surface area contributed by atoms with Crippen molar-refractivity contribution in [2.24, 2.45) is 11.8 Å². The van der Waals surface area contributed by atoms with E-state index in [1.165, 1.54) is 41.0 Å². The maximum Gasteiger partial charge on any atom is 0.314 e. The monoisotopic (exact) mass is 557 g/mol. The minimum Gasteiger partial charge on any atom is -0.481 e. The highest BCUT2D eigenvalue weighted by Gasteiger charge is 2.74. The van der Waals surface area contributed by atoms with Gasteiger partial charge in [-0.2, -0.15) is 0 Å². The summed E-state index contributed by atoms with van der Waals surface area (Å²) in [6.45, 7) is 1.45. The molecule has 0 bridgehead atoms. The third-order valence-corrected chi connectivity index (χ3v) is 7.05. The van der Waals surface area contributed by atoms with Crippen LogP contribution in [0.2, 0.25) is 0 Å². The molecule has 13 heteroatoms. The topological polar surface area (TPSA) is 186 Å². The standard InChI is InChI=1S/C27H31N3O10/c1-15(31)30(14-29(2)24(35)16-6-4-3-5-7-16)13-12-19(32)28-17-8-10-18(11-9-17)39-26-23(34)20-22(33)21(25(36)37)27(20,38)40-26/h3-11,20-23,26,33-34,38H,12-14H2,1-2H3,(H,28,32)(H,36,37). The van der Waals surface area contributed by atoms with Crippen LogP contribution in [0, 0.1) is 11.8 Å². The number of aliphatic hydroxyl groups excluding tert-OH is 2. The molecule has 6 unspecified atom stereocenters. The summed E-state index contributed by atoms with van der Waals surface area (Å²) in [4.78, 5) is 51.2. The molecule has 2 aromatic rings. The molecule has 0 spiro atoms. The van der Waals surface area contributed by atoms with E-state index in [4.69, 9.17) is 9.47 Å². The van der Waals surface area contributed by atoms with E-state index >= 15 is 0 Å². The largest absolute Gasteiger partial charge is 0.481 e. The van der Waals surface area contributed by atoms with E-state index in [-0.39, 0.29) is 43.1 Å². The second-order valence-electron chi connectivity index (χ2n) is 9.79. The Bertz CT molecular complexity index is 1260. The van der Waals surface area contributed by atoms with Crippen molar-refractivity contribution in [3.8, 4) is 5.75 Å². The van der Waals surface area contributed by atoms with Crippen molar-refractivity contribution >= 4 is 29.4 Å². The fourth-order valence-corrected chi connectivity index (χ4v) is 4.89. The highest BCUT2D eigenvalue weighted by Crippen LogP contribution is 2.53. The maximum absolute atomic E-state index is 12.6. The number of carboxylic acid groups (broad SMARTS) is 1. The molecule has 1 saturated heterocycles. The summed E-state index contributed by atoms with van der Waals surface area (Å²) in [7, 11) is 1.57. The van der Waals surface area contributed by atoms with E-state index in [1.807, 2.05) is 0 Å². The van der Waals surface area contributed by atoms with Gasteiger partial charge in [0.25, 0.3) is 5.91 Å². The average Bonchev–Trinajstić information content (AvgIpc) is 3.12. The average molecular weight is 558 g/mol. The Morgan fingerprint density at radius 3 is 2.27 bits per heavy atom. The van der Waals surface area contributed by atoms with Gasteiger partial charge in [-0.3, -0.25) is 19.2 Å². The van der Waals surface area contributed by atoms with E-state index in [9.17, 15) is 39.6 Å². The van der Waals surface area contributed by atoms with Crippen molar-refractivity contribution in [2.75, 3.05) is 25.6 Å². The number of carboxylic acids is 1. The van der Waals surface area contributed by atoms with Gasteiger partial charge >= 0.3 is 5.97 Å². The predicted molar refractivity (Wildman–Crippen MR) is 138 cm³/mol. The van der Waals surface area contributed by atoms with Crippen LogP contribution in [0.15, 0.2) is 54.6 Å². The summed E-state index contributed by atoms with van der Waals surface area (Å²) in [6, 6.07) is 14.6. The smallest absolute Gasteiger partial charge is 0.314 e. The van der Waals surface area contributed by atoms with Gasteiger partial charge in [-0.15, -0.1) is 0 Å². The highest BCUT2D eigenvalue weighted by atomic mass is 16.8. The molecule has 1 saturated carbocycles. The molecule has 4 rings (SSSR count). The number of carbonyl (C=O) groups excluding carboxylic acids is 3. The molecular weight excluding hydrogens is 526 g/mol. The number of fused-ring (bicyclic) bond motifs is 1. The zero-order chi connectivity index (χ0) is 29.2. The van der Waals surface area contributed by atoms with Gasteiger partial charge in [-0.25, -0.2) is 0 Å². The Kier molecular flexibility index (Phi) is 8.40. The van der Waals surface area contributed by atoms with Gasteiger partial charge in [-0.05, 0) is 36.4 Å². The number of carbonyl (C=O) groups is 4. The van der Waals surface area contributed by atoms with Gasteiger partial charge in [0.05, 0.1) is 18.7 Å². The van der Waals surface area contributed by atoms with E-state index in [0.717, 1.165) is 0 Å². The van der Waals surface area contributed by atoms with E-state index in [0.29, 0.717) is 11.3 Å². The number of amides is 3. The van der Waals surface area contributed by atoms with Gasteiger partial charge in [0.1, 0.15) is 17.8 Å². The number of anilines is 1. The molecule has 2 aromatic carbocycles. The van der Waals surface area contributed by atoms with Gasteiger partial charge in [0, 0.05) is 38.2 Å². The lowest BCUT2D eigenvalue weighted by molar-refractivity contribution is -0.337. The van der Waals surface area contributed by atoms with E-state index in [1.54, 1.807) is 37.4 Å². The molecule has 5 N–H and O–H groups in total. The third-order valence-electron chi connectivity index (χ3n) is 7.05. The SMILES string of the molecule is CC(=O)N(CCC(=O)Nc1ccc(OC2OC3(O)C(C(=O)O)C(O)C3C2O)cc1)CN(C)C(=O)c1ccccc1. The molecule has 0 aromatic heterocycles. The number of aliphatic carboxylic acids is 1. The molecule has 2 aliphatic rings. The number of benzene rings is 2. The number of rotatable bonds is 10. The van der Waals surface area contributed by atoms with Gasteiger partial charge < -0.3 is 45.0 Å². The first-order valence-electron chi connectivity index (χ1n) is 12.5. The predicted octanol–water partition coefficient (Wildman–Crippen LogP) is 0.0695. The lowest BCUT2D eigenvalue weighted by Crippen LogP contribution is -2.68. The Hall–Kier alpha value is -4.04. The minimum absolute atomic E-state index is 0.0116. The number of nitrogens with one attached hydrogen (secondary N) is 1. The fraction of sp³-hybridized carbons (Fsp3) is 0.407. The van der Waals surface area contributed by atoms with Crippen molar-refractivity contribution in [2.45, 2.75) is 37.6 Å². The van der Waals surface area contributed by atoms with Crippen LogP contribution < -0.4 is 10.1 Å². The molecule has 0 radical (unpaired) electrons. The minimum atomic E-state index is -2.25. The van der Waals surface area contributed by atoms with Crippen molar-refractivity contribution in [3.05, 3.63) is 60.2 Å². The zero-order valence-electron chi connectivity index (χ0n) is 21.8. The van der Waals surface area contributed by atoms with Crippen molar-refractivity contribution in [1.29, 1.82) is 0 Å². The van der Waals surface area contributed by atoms with Crippen LogP contribution in [0.25, 0.3) is 0 Å². The van der Waals surface area contributed by atoms with Crippen LogP contribution in [-0.4, -0.2) is 98.5 Å². The summed E-state index contributed by atoms with van der Waals surface area (Å²) in [5, 5.41) is 42.7. The summed E-state index contributed by atoms with van der Waals surface area (Å²) in [6.07, 6.45) is -4.41. The van der Waals surface area contributed by atoms with Crippen LogP contribution in [-0.2, 0) is 19.1 Å². The second kappa shape index (κ2) is 11.6. The first-order chi connectivity index (χ1) is 18.9. The lowest BCUT2D eigenvalue weighted by Gasteiger charge is -2.48. The molecule has 1 heterocycles. The normalized spacial score (nSPS) is 26.7. The van der Waals surface area contributed by atoms with Crippen LogP contribution in [0.1, 0.15) is 23.7 Å². The number of nitrogens with zero attached hydrogens (tertiary/aromatic N) is 2. The van der Waals surface area contributed by atoms with Crippen LogP contribution in [0.3, 0.4) is 0 Å². The molecule has 13 nitrogen and oxygen atoms in total. The van der Waals surface area contributed by atoms with Crippen LogP contribution >= 0.6 is 0 Å². The maximum atomic E-state index is 12.6. The van der Waals surface area contributed by atoms with Crippen LogP contribution in [0.5, 0.6) is 5.75 Å². The summed E-state index contributed by atoms with van der Waals surface area (Å²) in [5.41, 5.74) is 0.897. The second-order valence-corrected chi connectivity index (χ2v) is 9.79. The number of hydrogen-bond donors (Lipinski definition) is 5. The summed E-state index contributed by atoms with van der Waals surface area (Å²) >= 11 is 0. The Balaban J connectivity index is 1.27. The highest BCUT2D eigenvalue weighted by molar-refractivity contribution is 5.94. The molecule has 1 aliphatic heterocycles. The molecule has 2 fully saturated rings.